The van der Waals surface area contributed by atoms with Gasteiger partial charge in [0.1, 0.15) is 5.82 Å². The van der Waals surface area contributed by atoms with E-state index in [-0.39, 0.29) is 5.82 Å². The second-order valence-electron chi connectivity index (χ2n) is 1.80. The lowest BCUT2D eigenvalue weighted by atomic mass is 10.3. The fourth-order valence-electron chi connectivity index (χ4n) is 0.637. The zero-order valence-corrected chi connectivity index (χ0v) is 7.22. The Balaban J connectivity index is 3.06. The molecule has 1 rings (SSSR count). The van der Waals surface area contributed by atoms with Gasteiger partial charge in [0.05, 0.1) is 5.69 Å². The lowest BCUT2D eigenvalue weighted by Crippen LogP contribution is -2.06. The molecule has 0 fully saturated rings. The van der Waals surface area contributed by atoms with Gasteiger partial charge in [-0.15, -0.1) is 0 Å². The van der Waals surface area contributed by atoms with Crippen molar-refractivity contribution in [2.75, 3.05) is 5.43 Å². The maximum absolute atomic E-state index is 12.5. The molecular formula is C6H6FIN2. The molecule has 0 aromatic heterocycles. The summed E-state index contributed by atoms with van der Waals surface area (Å²) in [5.74, 6) is 4.79. The van der Waals surface area contributed by atoms with Gasteiger partial charge in [-0.25, -0.2) is 4.39 Å². The Hall–Kier alpha value is -0.360. The number of hydrazine groups is 1. The Labute approximate surface area is 71.7 Å². The van der Waals surface area contributed by atoms with Gasteiger partial charge in [0, 0.05) is 3.57 Å². The highest BCUT2D eigenvalue weighted by molar-refractivity contribution is 14.1. The molecule has 0 aliphatic rings. The van der Waals surface area contributed by atoms with Crippen molar-refractivity contribution in [1.82, 2.24) is 0 Å². The summed E-state index contributed by atoms with van der Waals surface area (Å²) in [6, 6.07) is 4.52. The van der Waals surface area contributed by atoms with Crippen LogP contribution in [0.15, 0.2) is 18.2 Å². The van der Waals surface area contributed by atoms with Crippen LogP contribution in [0.25, 0.3) is 0 Å². The molecule has 0 bridgehead atoms. The number of halogens is 2. The summed E-state index contributed by atoms with van der Waals surface area (Å²) in [6.07, 6.45) is 0. The number of nitrogens with two attached hydrogens (primary N) is 1. The number of hydrogen-bond acceptors (Lipinski definition) is 2. The molecule has 4 heteroatoms. The molecule has 54 valence electrons. The van der Waals surface area contributed by atoms with E-state index in [1.165, 1.54) is 12.1 Å². The van der Waals surface area contributed by atoms with Crippen LogP contribution in [0.2, 0.25) is 0 Å². The molecule has 0 unspecified atom stereocenters. The Morgan fingerprint density at radius 2 is 2.10 bits per heavy atom. The molecule has 2 nitrogen and oxygen atoms in total. The van der Waals surface area contributed by atoms with Gasteiger partial charge in [-0.05, 0) is 40.8 Å². The molecule has 0 radical (unpaired) electrons. The summed E-state index contributed by atoms with van der Waals surface area (Å²) in [5.41, 5.74) is 2.95. The van der Waals surface area contributed by atoms with Gasteiger partial charge in [0.25, 0.3) is 0 Å². The second-order valence-corrected chi connectivity index (χ2v) is 3.05. The summed E-state index contributed by atoms with van der Waals surface area (Å²) in [5, 5.41) is 0. The molecule has 1 aromatic carbocycles. The Bertz CT molecular complexity index is 219. The highest BCUT2D eigenvalue weighted by Crippen LogP contribution is 2.13. The van der Waals surface area contributed by atoms with Crippen molar-refractivity contribution in [2.45, 2.75) is 0 Å². The van der Waals surface area contributed by atoms with Gasteiger partial charge in [-0.2, -0.15) is 0 Å². The standard InChI is InChI=1S/C6H6FIN2/c7-4-1-5(8)3-6(2-4)10-9/h1-3,10H,9H2. The zero-order valence-electron chi connectivity index (χ0n) is 5.07. The van der Waals surface area contributed by atoms with Gasteiger partial charge in [0.2, 0.25) is 0 Å². The molecule has 0 amide bonds. The van der Waals surface area contributed by atoms with Crippen molar-refractivity contribution in [3.63, 3.8) is 0 Å². The van der Waals surface area contributed by atoms with Crippen molar-refractivity contribution in [1.29, 1.82) is 0 Å². The van der Waals surface area contributed by atoms with E-state index in [1.807, 2.05) is 22.6 Å². The molecule has 0 atom stereocenters. The average molecular weight is 252 g/mol. The molecule has 0 aliphatic carbocycles. The summed E-state index contributed by atoms with van der Waals surface area (Å²) in [4.78, 5) is 0. The molecule has 3 N–H and O–H groups in total. The first-order valence-electron chi connectivity index (χ1n) is 2.65. The van der Waals surface area contributed by atoms with E-state index >= 15 is 0 Å². The van der Waals surface area contributed by atoms with Crippen LogP contribution in [-0.4, -0.2) is 0 Å². The summed E-state index contributed by atoms with van der Waals surface area (Å²) in [6.45, 7) is 0. The smallest absolute Gasteiger partial charge is 0.126 e. The highest BCUT2D eigenvalue weighted by Gasteiger charge is 1.95. The first-order valence-corrected chi connectivity index (χ1v) is 3.73. The van der Waals surface area contributed by atoms with Crippen molar-refractivity contribution in [2.24, 2.45) is 5.84 Å². The monoisotopic (exact) mass is 252 g/mol. The normalized spacial score (nSPS) is 9.50. The van der Waals surface area contributed by atoms with Crippen LogP contribution in [0.3, 0.4) is 0 Å². The van der Waals surface area contributed by atoms with Gasteiger partial charge in [0.15, 0.2) is 0 Å². The minimum Gasteiger partial charge on any atom is -0.324 e. The molecule has 0 aliphatic heterocycles. The van der Waals surface area contributed by atoms with Crippen LogP contribution in [0.4, 0.5) is 10.1 Å². The minimum absolute atomic E-state index is 0.278. The number of rotatable bonds is 1. The van der Waals surface area contributed by atoms with Crippen molar-refractivity contribution in [3.05, 3.63) is 27.6 Å². The molecule has 0 saturated heterocycles. The second kappa shape index (κ2) is 3.16. The number of benzene rings is 1. The Kier molecular flexibility index (Phi) is 2.44. The van der Waals surface area contributed by atoms with E-state index in [9.17, 15) is 4.39 Å². The fraction of sp³-hybridized carbons (Fsp3) is 0. The largest absolute Gasteiger partial charge is 0.324 e. The topological polar surface area (TPSA) is 38.0 Å². The van der Waals surface area contributed by atoms with E-state index in [1.54, 1.807) is 6.07 Å². The molecule has 10 heavy (non-hydrogen) atoms. The fourth-order valence-corrected chi connectivity index (χ4v) is 1.27. The van der Waals surface area contributed by atoms with Crippen LogP contribution in [0.5, 0.6) is 0 Å². The van der Waals surface area contributed by atoms with Crippen LogP contribution < -0.4 is 11.3 Å². The van der Waals surface area contributed by atoms with E-state index in [4.69, 9.17) is 5.84 Å². The third kappa shape index (κ3) is 1.81. The number of anilines is 1. The van der Waals surface area contributed by atoms with Crippen LogP contribution in [-0.2, 0) is 0 Å². The molecular weight excluding hydrogens is 246 g/mol. The average Bonchev–Trinajstić information content (AvgIpc) is 1.85. The SMILES string of the molecule is NNc1cc(F)cc(I)c1. The first-order chi connectivity index (χ1) is 4.72. The van der Waals surface area contributed by atoms with Crippen molar-refractivity contribution >= 4 is 28.3 Å². The number of hydrogen-bond donors (Lipinski definition) is 2. The first kappa shape index (κ1) is 7.74. The quantitative estimate of drug-likeness (QED) is 0.453. The van der Waals surface area contributed by atoms with Gasteiger partial charge in [-0.3, -0.25) is 5.84 Å². The maximum atomic E-state index is 12.5. The number of nitrogens with one attached hydrogen (secondary N) is 1. The third-order valence-corrected chi connectivity index (χ3v) is 1.65. The lowest BCUT2D eigenvalue weighted by Gasteiger charge is -1.99. The highest BCUT2D eigenvalue weighted by atomic mass is 127. The minimum atomic E-state index is -0.278. The van der Waals surface area contributed by atoms with Crippen LogP contribution in [0.1, 0.15) is 0 Å². The van der Waals surface area contributed by atoms with Crippen molar-refractivity contribution in [3.8, 4) is 0 Å². The zero-order chi connectivity index (χ0) is 7.56. The Morgan fingerprint density at radius 3 is 2.60 bits per heavy atom. The lowest BCUT2D eigenvalue weighted by molar-refractivity contribution is 0.627. The number of nitrogen functional groups attached to an aromatic ring is 1. The van der Waals surface area contributed by atoms with Crippen LogP contribution in [0, 0.1) is 9.39 Å². The summed E-state index contributed by atoms with van der Waals surface area (Å²) < 4.78 is 13.3. The molecule has 0 spiro atoms. The summed E-state index contributed by atoms with van der Waals surface area (Å²) >= 11 is 2.02. The van der Waals surface area contributed by atoms with Crippen LogP contribution >= 0.6 is 22.6 Å². The Morgan fingerprint density at radius 1 is 1.40 bits per heavy atom. The van der Waals surface area contributed by atoms with E-state index in [2.05, 4.69) is 5.43 Å². The third-order valence-electron chi connectivity index (χ3n) is 1.03. The predicted octanol–water partition coefficient (Wildman–Crippen LogP) is 1.72. The van der Waals surface area contributed by atoms with E-state index in [0.29, 0.717) is 5.69 Å². The molecule has 0 heterocycles. The molecule has 0 saturated carbocycles. The van der Waals surface area contributed by atoms with Crippen molar-refractivity contribution < 1.29 is 4.39 Å². The maximum Gasteiger partial charge on any atom is 0.126 e. The van der Waals surface area contributed by atoms with Gasteiger partial charge >= 0.3 is 0 Å². The molecule has 1 aromatic rings. The van der Waals surface area contributed by atoms with Gasteiger partial charge in [-0.1, -0.05) is 0 Å². The van der Waals surface area contributed by atoms with E-state index in [0.717, 1.165) is 3.57 Å². The van der Waals surface area contributed by atoms with Gasteiger partial charge < -0.3 is 5.43 Å². The predicted molar refractivity (Wildman–Crippen MR) is 46.9 cm³/mol. The summed E-state index contributed by atoms with van der Waals surface area (Å²) in [7, 11) is 0. The van der Waals surface area contributed by atoms with E-state index < -0.39 is 0 Å².